The number of hydrogen-bond acceptors (Lipinski definition) is 3. The van der Waals surface area contributed by atoms with Crippen LogP contribution in [0.2, 0.25) is 0 Å². The molecular weight excluding hydrogens is 249 g/mol. The number of hydrogen-bond donors (Lipinski definition) is 2. The molecule has 5 heteroatoms. The van der Waals surface area contributed by atoms with Crippen LogP contribution in [0.25, 0.3) is 0 Å². The summed E-state index contributed by atoms with van der Waals surface area (Å²) < 4.78 is 18.7. The van der Waals surface area contributed by atoms with Gasteiger partial charge in [0, 0.05) is 12.5 Å². The summed E-state index contributed by atoms with van der Waals surface area (Å²) in [6, 6.07) is 4.31. The van der Waals surface area contributed by atoms with Gasteiger partial charge in [-0.15, -0.1) is 0 Å². The van der Waals surface area contributed by atoms with E-state index in [0.717, 1.165) is 18.4 Å². The van der Waals surface area contributed by atoms with Gasteiger partial charge >= 0.3 is 5.97 Å². The highest BCUT2D eigenvalue weighted by Gasteiger charge is 2.28. The van der Waals surface area contributed by atoms with Crippen LogP contribution in [-0.2, 0) is 4.79 Å². The molecular formula is C14H18FNO3. The zero-order valence-corrected chi connectivity index (χ0v) is 10.9. The molecule has 2 rings (SSSR count). The van der Waals surface area contributed by atoms with Crippen molar-refractivity contribution >= 4 is 5.97 Å². The first-order chi connectivity index (χ1) is 9.06. The SMILES string of the molecule is Cc1ccc(F)c(OCCC(NC2CC2)C(=O)O)c1. The van der Waals surface area contributed by atoms with Crippen molar-refractivity contribution in [1.29, 1.82) is 0 Å². The lowest BCUT2D eigenvalue weighted by Crippen LogP contribution is -2.39. The van der Waals surface area contributed by atoms with Gasteiger partial charge in [0.05, 0.1) is 6.61 Å². The van der Waals surface area contributed by atoms with Crippen LogP contribution in [0.4, 0.5) is 4.39 Å². The van der Waals surface area contributed by atoms with E-state index in [0.29, 0.717) is 12.5 Å². The Morgan fingerprint density at radius 2 is 2.32 bits per heavy atom. The van der Waals surface area contributed by atoms with Crippen molar-refractivity contribution in [3.8, 4) is 5.75 Å². The van der Waals surface area contributed by atoms with E-state index in [9.17, 15) is 9.18 Å². The van der Waals surface area contributed by atoms with Crippen LogP contribution in [0.15, 0.2) is 18.2 Å². The largest absolute Gasteiger partial charge is 0.490 e. The van der Waals surface area contributed by atoms with Crippen molar-refractivity contribution in [3.63, 3.8) is 0 Å². The van der Waals surface area contributed by atoms with Crippen molar-refractivity contribution in [2.45, 2.75) is 38.3 Å². The van der Waals surface area contributed by atoms with Gasteiger partial charge in [0.1, 0.15) is 6.04 Å². The van der Waals surface area contributed by atoms with Gasteiger partial charge in [-0.1, -0.05) is 6.07 Å². The van der Waals surface area contributed by atoms with Crippen LogP contribution in [-0.4, -0.2) is 29.8 Å². The maximum absolute atomic E-state index is 13.4. The van der Waals surface area contributed by atoms with Crippen molar-refractivity contribution in [3.05, 3.63) is 29.6 Å². The molecule has 1 unspecified atom stereocenters. The molecule has 0 heterocycles. The maximum atomic E-state index is 13.4. The van der Waals surface area contributed by atoms with E-state index in [2.05, 4.69) is 5.32 Å². The molecule has 0 aliphatic heterocycles. The Labute approximate surface area is 111 Å². The van der Waals surface area contributed by atoms with Crippen LogP contribution in [0.5, 0.6) is 5.75 Å². The highest BCUT2D eigenvalue weighted by atomic mass is 19.1. The average molecular weight is 267 g/mol. The highest BCUT2D eigenvalue weighted by molar-refractivity contribution is 5.73. The molecule has 0 aromatic heterocycles. The first-order valence-corrected chi connectivity index (χ1v) is 6.44. The summed E-state index contributed by atoms with van der Waals surface area (Å²) in [5, 5.41) is 12.1. The van der Waals surface area contributed by atoms with Gasteiger partial charge in [-0.05, 0) is 37.5 Å². The number of halogens is 1. The predicted octanol–water partition coefficient (Wildman–Crippen LogP) is 2.11. The van der Waals surface area contributed by atoms with Gasteiger partial charge in [-0.2, -0.15) is 0 Å². The van der Waals surface area contributed by atoms with Crippen LogP contribution in [0, 0.1) is 12.7 Å². The molecule has 1 saturated carbocycles. The minimum atomic E-state index is -0.889. The molecule has 19 heavy (non-hydrogen) atoms. The number of benzene rings is 1. The van der Waals surface area contributed by atoms with Gasteiger partial charge in [0.2, 0.25) is 0 Å². The van der Waals surface area contributed by atoms with E-state index in [1.807, 2.05) is 6.92 Å². The molecule has 1 fully saturated rings. The van der Waals surface area contributed by atoms with Gasteiger partial charge in [-0.25, -0.2) is 4.39 Å². The molecule has 0 radical (unpaired) electrons. The fraction of sp³-hybridized carbons (Fsp3) is 0.500. The second-order valence-electron chi connectivity index (χ2n) is 4.90. The number of carbonyl (C=O) groups is 1. The van der Waals surface area contributed by atoms with E-state index < -0.39 is 17.8 Å². The lowest BCUT2D eigenvalue weighted by molar-refractivity contribution is -0.139. The quantitative estimate of drug-likeness (QED) is 0.794. The third kappa shape index (κ3) is 4.21. The zero-order chi connectivity index (χ0) is 13.8. The van der Waals surface area contributed by atoms with Crippen molar-refractivity contribution in [2.75, 3.05) is 6.61 Å². The summed E-state index contributed by atoms with van der Waals surface area (Å²) in [5.74, 6) is -1.14. The Hall–Kier alpha value is -1.62. The normalized spacial score (nSPS) is 16.1. The predicted molar refractivity (Wildman–Crippen MR) is 68.8 cm³/mol. The third-order valence-electron chi connectivity index (χ3n) is 3.06. The Morgan fingerprint density at radius 3 is 2.95 bits per heavy atom. The summed E-state index contributed by atoms with van der Waals surface area (Å²) in [6.07, 6.45) is 2.37. The third-order valence-corrected chi connectivity index (χ3v) is 3.06. The highest BCUT2D eigenvalue weighted by Crippen LogP contribution is 2.21. The Balaban J connectivity index is 1.83. The summed E-state index contributed by atoms with van der Waals surface area (Å²) in [5.41, 5.74) is 0.905. The molecule has 0 bridgehead atoms. The van der Waals surface area contributed by atoms with Gasteiger partial charge in [-0.3, -0.25) is 4.79 Å². The summed E-state index contributed by atoms with van der Waals surface area (Å²) in [7, 11) is 0. The first-order valence-electron chi connectivity index (χ1n) is 6.44. The number of aliphatic carboxylic acids is 1. The van der Waals surface area contributed by atoms with Crippen LogP contribution >= 0.6 is 0 Å². The first kappa shape index (κ1) is 13.8. The van der Waals surface area contributed by atoms with Crippen LogP contribution in [0.1, 0.15) is 24.8 Å². The van der Waals surface area contributed by atoms with Crippen molar-refractivity contribution in [2.24, 2.45) is 0 Å². The number of aryl methyl sites for hydroxylation is 1. The fourth-order valence-electron chi connectivity index (χ4n) is 1.82. The van der Waals surface area contributed by atoms with E-state index in [1.54, 1.807) is 12.1 Å². The number of nitrogens with one attached hydrogen (secondary N) is 1. The number of rotatable bonds is 7. The average Bonchev–Trinajstić information content (AvgIpc) is 3.16. The molecule has 1 aromatic carbocycles. The monoisotopic (exact) mass is 267 g/mol. The zero-order valence-electron chi connectivity index (χ0n) is 10.9. The molecule has 104 valence electrons. The lowest BCUT2D eigenvalue weighted by Gasteiger charge is -2.14. The minimum Gasteiger partial charge on any atom is -0.490 e. The maximum Gasteiger partial charge on any atom is 0.320 e. The second-order valence-corrected chi connectivity index (χ2v) is 4.90. The van der Waals surface area contributed by atoms with Crippen LogP contribution in [0.3, 0.4) is 0 Å². The second kappa shape index (κ2) is 6.02. The number of carboxylic acid groups (broad SMARTS) is 1. The Bertz CT molecular complexity index is 460. The van der Waals surface area contributed by atoms with E-state index in [4.69, 9.17) is 9.84 Å². The molecule has 0 spiro atoms. The smallest absolute Gasteiger partial charge is 0.320 e. The molecule has 2 N–H and O–H groups in total. The summed E-state index contributed by atoms with van der Waals surface area (Å²) >= 11 is 0. The standard InChI is InChI=1S/C14H18FNO3/c1-9-2-5-11(15)13(8-9)19-7-6-12(14(17)18)16-10-3-4-10/h2,5,8,10,12,16H,3-4,6-7H2,1H3,(H,17,18). The molecule has 1 aromatic rings. The minimum absolute atomic E-state index is 0.176. The topological polar surface area (TPSA) is 58.6 Å². The number of ether oxygens (including phenoxy) is 1. The lowest BCUT2D eigenvalue weighted by atomic mass is 10.2. The van der Waals surface area contributed by atoms with Crippen molar-refractivity contribution < 1.29 is 19.0 Å². The molecule has 1 aliphatic carbocycles. The van der Waals surface area contributed by atoms with Gasteiger partial charge < -0.3 is 15.2 Å². The Morgan fingerprint density at radius 1 is 1.58 bits per heavy atom. The summed E-state index contributed by atoms with van der Waals surface area (Å²) in [6.45, 7) is 2.03. The molecule has 0 amide bonds. The summed E-state index contributed by atoms with van der Waals surface area (Å²) in [4.78, 5) is 11.0. The molecule has 1 atom stereocenters. The van der Waals surface area contributed by atoms with Gasteiger partial charge in [0.15, 0.2) is 11.6 Å². The van der Waals surface area contributed by atoms with Gasteiger partial charge in [0.25, 0.3) is 0 Å². The van der Waals surface area contributed by atoms with E-state index >= 15 is 0 Å². The molecule has 4 nitrogen and oxygen atoms in total. The van der Waals surface area contributed by atoms with E-state index in [1.165, 1.54) is 6.07 Å². The van der Waals surface area contributed by atoms with E-state index in [-0.39, 0.29) is 12.4 Å². The molecule has 0 saturated heterocycles. The van der Waals surface area contributed by atoms with Crippen molar-refractivity contribution in [1.82, 2.24) is 5.32 Å². The fourth-order valence-corrected chi connectivity index (χ4v) is 1.82. The molecule has 1 aliphatic rings. The Kier molecular flexibility index (Phi) is 4.37. The number of carboxylic acids is 1. The van der Waals surface area contributed by atoms with Crippen LogP contribution < -0.4 is 10.1 Å².